The number of ketones is 1. The van der Waals surface area contributed by atoms with Crippen LogP contribution in [-0.4, -0.2) is 28.5 Å². The molecule has 0 spiro atoms. The zero-order valence-electron chi connectivity index (χ0n) is 19.9. The molecule has 0 aliphatic carbocycles. The first-order chi connectivity index (χ1) is 16.9. The van der Waals surface area contributed by atoms with E-state index in [1.165, 1.54) is 12.0 Å². The predicted molar refractivity (Wildman–Crippen MR) is 137 cm³/mol. The van der Waals surface area contributed by atoms with Gasteiger partial charge in [0.1, 0.15) is 11.5 Å². The second-order valence-corrected chi connectivity index (χ2v) is 8.63. The molecule has 6 nitrogen and oxygen atoms in total. The molecule has 1 saturated heterocycles. The van der Waals surface area contributed by atoms with Gasteiger partial charge in [0.15, 0.2) is 0 Å². The Morgan fingerprint density at radius 1 is 1.00 bits per heavy atom. The fourth-order valence-electron chi connectivity index (χ4n) is 4.80. The van der Waals surface area contributed by atoms with Gasteiger partial charge in [-0.3, -0.25) is 14.5 Å². The molecule has 176 valence electrons. The van der Waals surface area contributed by atoms with Crippen molar-refractivity contribution in [2.45, 2.75) is 19.4 Å². The number of hydrogen-bond donors (Lipinski definition) is 1. The number of para-hydroxylation sites is 1. The topological polar surface area (TPSA) is 71.8 Å². The highest BCUT2D eigenvalue weighted by molar-refractivity contribution is 6.51. The maximum absolute atomic E-state index is 13.5. The Morgan fingerprint density at radius 2 is 1.74 bits per heavy atom. The molecule has 1 aromatic heterocycles. The summed E-state index contributed by atoms with van der Waals surface area (Å²) in [4.78, 5) is 28.4. The molecule has 1 amide bonds. The van der Waals surface area contributed by atoms with E-state index in [2.05, 4.69) is 6.92 Å². The number of Topliss-reactive ketones (excluding diaryl/α,β-unsaturated/α-hetero) is 1. The van der Waals surface area contributed by atoms with Gasteiger partial charge in [-0.15, -0.1) is 0 Å². The number of benzene rings is 3. The molecule has 1 aliphatic heterocycles. The number of aliphatic hydroxyl groups is 1. The Morgan fingerprint density at radius 3 is 2.46 bits per heavy atom. The van der Waals surface area contributed by atoms with E-state index in [0.717, 1.165) is 28.5 Å². The Bertz CT molecular complexity index is 1480. The number of amides is 1. The molecule has 6 heteroatoms. The fourth-order valence-corrected chi connectivity index (χ4v) is 4.80. The van der Waals surface area contributed by atoms with Crippen molar-refractivity contribution >= 4 is 34.0 Å². The molecule has 0 radical (unpaired) electrons. The predicted octanol–water partition coefficient (Wildman–Crippen LogP) is 5.38. The van der Waals surface area contributed by atoms with Crippen LogP contribution in [0.1, 0.15) is 29.7 Å². The fraction of sp³-hybridized carbons (Fsp3) is 0.172. The lowest BCUT2D eigenvalue weighted by Crippen LogP contribution is -2.29. The molecule has 4 aromatic rings. The third-order valence-corrected chi connectivity index (χ3v) is 6.63. The highest BCUT2D eigenvalue weighted by Gasteiger charge is 2.47. The first-order valence-electron chi connectivity index (χ1n) is 11.5. The van der Waals surface area contributed by atoms with Crippen LogP contribution in [0.25, 0.3) is 16.7 Å². The number of aromatic nitrogens is 1. The van der Waals surface area contributed by atoms with Gasteiger partial charge in [-0.25, -0.2) is 0 Å². The average Bonchev–Trinajstić information content (AvgIpc) is 3.37. The van der Waals surface area contributed by atoms with E-state index in [0.29, 0.717) is 17.0 Å². The third-order valence-electron chi connectivity index (χ3n) is 6.63. The normalized spacial score (nSPS) is 17.3. The molecule has 2 heterocycles. The summed E-state index contributed by atoms with van der Waals surface area (Å²) in [6.45, 7) is 2.06. The van der Waals surface area contributed by atoms with Gasteiger partial charge in [0.05, 0.1) is 18.7 Å². The van der Waals surface area contributed by atoms with Crippen LogP contribution in [0.5, 0.6) is 5.75 Å². The highest BCUT2D eigenvalue weighted by Crippen LogP contribution is 2.44. The number of hydrogen-bond acceptors (Lipinski definition) is 4. The van der Waals surface area contributed by atoms with Gasteiger partial charge >= 0.3 is 0 Å². The van der Waals surface area contributed by atoms with Crippen LogP contribution < -0.4 is 9.64 Å². The minimum atomic E-state index is -0.792. The van der Waals surface area contributed by atoms with Crippen molar-refractivity contribution in [3.05, 3.63) is 101 Å². The van der Waals surface area contributed by atoms with Crippen molar-refractivity contribution in [3.63, 3.8) is 0 Å². The standard InChI is InChI=1S/C29H26N2O4/c1-4-18-12-14-20(15-13-18)31-26(23-17-30(2)24-11-6-5-10-22(23)24)25(28(33)29(31)34)27(32)19-8-7-9-21(16-19)35-3/h5-17,26,32H,4H2,1-3H3/b27-25+. The molecule has 3 aromatic carbocycles. The van der Waals surface area contributed by atoms with E-state index in [1.54, 1.807) is 24.3 Å². The second-order valence-electron chi connectivity index (χ2n) is 8.63. The van der Waals surface area contributed by atoms with Gasteiger partial charge in [-0.2, -0.15) is 0 Å². The number of aliphatic hydroxyl groups excluding tert-OH is 1. The summed E-state index contributed by atoms with van der Waals surface area (Å²) >= 11 is 0. The number of carbonyl (C=O) groups excluding carboxylic acids is 2. The van der Waals surface area contributed by atoms with Crippen LogP contribution in [0, 0.1) is 0 Å². The summed E-state index contributed by atoms with van der Waals surface area (Å²) < 4.78 is 7.27. The molecule has 1 N–H and O–H groups in total. The van der Waals surface area contributed by atoms with Gasteiger partial charge in [0.2, 0.25) is 0 Å². The lowest BCUT2D eigenvalue weighted by Gasteiger charge is -2.25. The summed E-state index contributed by atoms with van der Waals surface area (Å²) in [5.41, 5.74) is 3.94. The number of ether oxygens (including phenoxy) is 1. The Hall–Kier alpha value is -4.32. The molecular weight excluding hydrogens is 440 g/mol. The minimum absolute atomic E-state index is 0.0548. The van der Waals surface area contributed by atoms with Gasteiger partial charge < -0.3 is 14.4 Å². The highest BCUT2D eigenvalue weighted by atomic mass is 16.5. The molecule has 5 rings (SSSR count). The van der Waals surface area contributed by atoms with Crippen LogP contribution >= 0.6 is 0 Å². The molecular formula is C29H26N2O4. The van der Waals surface area contributed by atoms with E-state index in [1.807, 2.05) is 66.3 Å². The van der Waals surface area contributed by atoms with Gasteiger partial charge in [-0.1, -0.05) is 49.4 Å². The van der Waals surface area contributed by atoms with Gasteiger partial charge in [0, 0.05) is 41.0 Å². The van der Waals surface area contributed by atoms with Crippen molar-refractivity contribution < 1.29 is 19.4 Å². The van der Waals surface area contributed by atoms with Crippen LogP contribution in [0.3, 0.4) is 0 Å². The SMILES string of the molecule is CCc1ccc(N2C(=O)C(=O)/C(=C(/O)c3cccc(OC)c3)C2c2cn(C)c3ccccc23)cc1. The smallest absolute Gasteiger partial charge is 0.300 e. The molecule has 1 atom stereocenters. The summed E-state index contributed by atoms with van der Waals surface area (Å²) in [6.07, 6.45) is 2.79. The largest absolute Gasteiger partial charge is 0.507 e. The van der Waals surface area contributed by atoms with Crippen LogP contribution in [-0.2, 0) is 23.1 Å². The summed E-state index contributed by atoms with van der Waals surface area (Å²) in [6, 6.07) is 21.5. The molecule has 35 heavy (non-hydrogen) atoms. The number of fused-ring (bicyclic) bond motifs is 1. The quantitative estimate of drug-likeness (QED) is 0.244. The molecule has 0 bridgehead atoms. The van der Waals surface area contributed by atoms with Crippen molar-refractivity contribution in [1.29, 1.82) is 0 Å². The summed E-state index contributed by atoms with van der Waals surface area (Å²) in [5, 5.41) is 12.3. The van der Waals surface area contributed by atoms with Gasteiger partial charge in [0.25, 0.3) is 11.7 Å². The lowest BCUT2D eigenvalue weighted by molar-refractivity contribution is -0.132. The third kappa shape index (κ3) is 3.67. The van der Waals surface area contributed by atoms with E-state index in [4.69, 9.17) is 4.74 Å². The number of nitrogens with zero attached hydrogens (tertiary/aromatic N) is 2. The van der Waals surface area contributed by atoms with Crippen molar-refractivity contribution in [3.8, 4) is 5.75 Å². The molecule has 1 aliphatic rings. The summed E-state index contributed by atoms with van der Waals surface area (Å²) in [7, 11) is 3.46. The van der Waals surface area contributed by atoms with Crippen LogP contribution in [0.15, 0.2) is 84.6 Å². The minimum Gasteiger partial charge on any atom is -0.507 e. The number of aryl methyl sites for hydroxylation is 2. The van der Waals surface area contributed by atoms with Crippen molar-refractivity contribution in [2.75, 3.05) is 12.0 Å². The first-order valence-corrected chi connectivity index (χ1v) is 11.5. The average molecular weight is 467 g/mol. The zero-order chi connectivity index (χ0) is 24.7. The molecule has 1 unspecified atom stereocenters. The van der Waals surface area contributed by atoms with E-state index < -0.39 is 17.7 Å². The Balaban J connectivity index is 1.78. The number of rotatable bonds is 5. The monoisotopic (exact) mass is 466 g/mol. The van der Waals surface area contributed by atoms with E-state index in [9.17, 15) is 14.7 Å². The van der Waals surface area contributed by atoms with E-state index >= 15 is 0 Å². The second kappa shape index (κ2) is 8.80. The Kier molecular flexibility index (Phi) is 5.65. The Labute approximate surface area is 203 Å². The van der Waals surface area contributed by atoms with Crippen LogP contribution in [0.2, 0.25) is 0 Å². The number of anilines is 1. The van der Waals surface area contributed by atoms with Gasteiger partial charge in [-0.05, 0) is 42.3 Å². The number of methoxy groups -OCH3 is 1. The summed E-state index contributed by atoms with van der Waals surface area (Å²) in [5.74, 6) is -1.08. The van der Waals surface area contributed by atoms with Crippen molar-refractivity contribution in [1.82, 2.24) is 4.57 Å². The lowest BCUT2D eigenvalue weighted by atomic mass is 9.94. The molecule has 1 fully saturated rings. The van der Waals surface area contributed by atoms with Crippen LogP contribution in [0.4, 0.5) is 5.69 Å². The molecule has 0 saturated carbocycles. The maximum atomic E-state index is 13.5. The zero-order valence-corrected chi connectivity index (χ0v) is 19.9. The van der Waals surface area contributed by atoms with E-state index in [-0.39, 0.29) is 11.3 Å². The first kappa shape index (κ1) is 22.5. The van der Waals surface area contributed by atoms with Crippen molar-refractivity contribution in [2.24, 2.45) is 7.05 Å². The number of carbonyl (C=O) groups is 2. The maximum Gasteiger partial charge on any atom is 0.300 e.